The summed E-state index contributed by atoms with van der Waals surface area (Å²) in [6.07, 6.45) is 1.58. The smallest absolute Gasteiger partial charge is 0.270 e. The molecule has 2 rings (SSSR count). The molecular formula is C14H14N4O3S. The highest BCUT2D eigenvalue weighted by atomic mass is 32.1. The first-order valence-corrected chi connectivity index (χ1v) is 6.82. The molecule has 0 aliphatic carbocycles. The first kappa shape index (κ1) is 15.6. The second-order valence-electron chi connectivity index (χ2n) is 4.38. The van der Waals surface area contributed by atoms with Crippen LogP contribution in [0.1, 0.15) is 18.2 Å². The predicted molar refractivity (Wildman–Crippen MR) is 86.6 cm³/mol. The van der Waals surface area contributed by atoms with E-state index in [1.807, 2.05) is 6.07 Å². The summed E-state index contributed by atoms with van der Waals surface area (Å²) in [5.41, 5.74) is 3.95. The molecule has 0 saturated carbocycles. The molecule has 0 unspecified atom stereocenters. The zero-order valence-corrected chi connectivity index (χ0v) is 12.6. The molecule has 1 aromatic carbocycles. The van der Waals surface area contributed by atoms with Crippen LogP contribution in [0.4, 0.5) is 5.69 Å². The summed E-state index contributed by atoms with van der Waals surface area (Å²) in [4.78, 5) is 10.3. The van der Waals surface area contributed by atoms with Crippen LogP contribution in [-0.2, 0) is 6.54 Å². The van der Waals surface area contributed by atoms with Gasteiger partial charge in [-0.3, -0.25) is 15.5 Å². The third kappa shape index (κ3) is 4.38. The average Bonchev–Trinajstić information content (AvgIpc) is 3.04. The molecule has 0 saturated heterocycles. The molecular weight excluding hydrogens is 304 g/mol. The number of hydrogen-bond donors (Lipinski definition) is 2. The molecule has 2 aromatic rings. The Labute approximate surface area is 132 Å². The minimum Gasteiger partial charge on any atom is -0.467 e. The molecule has 0 fully saturated rings. The predicted octanol–water partition coefficient (Wildman–Crippen LogP) is 2.58. The van der Waals surface area contributed by atoms with Gasteiger partial charge in [0, 0.05) is 17.7 Å². The van der Waals surface area contributed by atoms with Gasteiger partial charge in [-0.1, -0.05) is 12.1 Å². The van der Waals surface area contributed by atoms with Gasteiger partial charge in [-0.2, -0.15) is 5.10 Å². The maximum atomic E-state index is 10.7. The second-order valence-corrected chi connectivity index (χ2v) is 4.79. The molecule has 0 aliphatic heterocycles. The van der Waals surface area contributed by atoms with E-state index >= 15 is 0 Å². The van der Waals surface area contributed by atoms with Crippen molar-refractivity contribution in [3.8, 4) is 0 Å². The zero-order valence-electron chi connectivity index (χ0n) is 11.8. The van der Waals surface area contributed by atoms with Crippen LogP contribution < -0.4 is 10.7 Å². The third-order valence-electron chi connectivity index (χ3n) is 2.80. The molecule has 0 radical (unpaired) electrons. The van der Waals surface area contributed by atoms with E-state index in [1.165, 1.54) is 12.1 Å². The minimum absolute atomic E-state index is 0.0190. The molecule has 0 amide bonds. The maximum Gasteiger partial charge on any atom is 0.270 e. The Balaban J connectivity index is 1.92. The van der Waals surface area contributed by atoms with Crippen LogP contribution in [0, 0.1) is 10.1 Å². The van der Waals surface area contributed by atoms with Gasteiger partial charge in [-0.05, 0) is 31.3 Å². The molecule has 0 atom stereocenters. The van der Waals surface area contributed by atoms with Gasteiger partial charge in [0.05, 0.1) is 23.4 Å². The Morgan fingerprint density at radius 1 is 1.41 bits per heavy atom. The number of benzene rings is 1. The monoisotopic (exact) mass is 318 g/mol. The summed E-state index contributed by atoms with van der Waals surface area (Å²) >= 11 is 5.08. The Morgan fingerprint density at radius 3 is 2.91 bits per heavy atom. The van der Waals surface area contributed by atoms with E-state index in [2.05, 4.69) is 15.8 Å². The van der Waals surface area contributed by atoms with Crippen molar-refractivity contribution in [3.05, 3.63) is 64.1 Å². The topological polar surface area (TPSA) is 92.7 Å². The number of hydrazone groups is 1. The molecule has 1 aromatic heterocycles. The lowest BCUT2D eigenvalue weighted by atomic mass is 10.1. The number of thiocarbonyl (C=S) groups is 1. The lowest BCUT2D eigenvalue weighted by molar-refractivity contribution is -0.384. The molecule has 8 heteroatoms. The standard InChI is InChI=1S/C14H14N4O3S/c1-10(11-4-2-5-12(8-11)18(19)20)16-17-14(22)15-9-13-6-3-7-21-13/h2-8H,9H2,1H3,(H2,15,17,22). The van der Waals surface area contributed by atoms with Crippen molar-refractivity contribution in [1.82, 2.24) is 10.7 Å². The average molecular weight is 318 g/mol. The Hall–Kier alpha value is -2.74. The summed E-state index contributed by atoms with van der Waals surface area (Å²) in [7, 11) is 0. The van der Waals surface area contributed by atoms with Crippen molar-refractivity contribution in [1.29, 1.82) is 0 Å². The van der Waals surface area contributed by atoms with E-state index in [0.29, 0.717) is 22.9 Å². The van der Waals surface area contributed by atoms with Gasteiger partial charge in [-0.15, -0.1) is 0 Å². The maximum absolute atomic E-state index is 10.7. The summed E-state index contributed by atoms with van der Waals surface area (Å²) in [5, 5.41) is 18.1. The number of non-ortho nitro benzene ring substituents is 1. The van der Waals surface area contributed by atoms with E-state index in [-0.39, 0.29) is 5.69 Å². The van der Waals surface area contributed by atoms with E-state index < -0.39 is 4.92 Å². The van der Waals surface area contributed by atoms with Crippen LogP contribution in [-0.4, -0.2) is 15.7 Å². The summed E-state index contributed by atoms with van der Waals surface area (Å²) < 4.78 is 5.16. The summed E-state index contributed by atoms with van der Waals surface area (Å²) in [6.45, 7) is 2.19. The van der Waals surface area contributed by atoms with Crippen molar-refractivity contribution in [2.75, 3.05) is 0 Å². The van der Waals surface area contributed by atoms with Crippen LogP contribution in [0.5, 0.6) is 0 Å². The van der Waals surface area contributed by atoms with Crippen LogP contribution in [0.15, 0.2) is 52.2 Å². The highest BCUT2D eigenvalue weighted by Crippen LogP contribution is 2.13. The Bertz CT molecular complexity index is 698. The quantitative estimate of drug-likeness (QED) is 0.381. The fourth-order valence-corrected chi connectivity index (χ4v) is 1.78. The third-order valence-corrected chi connectivity index (χ3v) is 3.04. The number of rotatable bonds is 5. The fraction of sp³-hybridized carbons (Fsp3) is 0.143. The Morgan fingerprint density at radius 2 is 2.23 bits per heavy atom. The molecule has 22 heavy (non-hydrogen) atoms. The van der Waals surface area contributed by atoms with Gasteiger partial charge >= 0.3 is 0 Å². The molecule has 7 nitrogen and oxygen atoms in total. The number of furan rings is 1. The van der Waals surface area contributed by atoms with E-state index in [9.17, 15) is 10.1 Å². The molecule has 0 bridgehead atoms. The van der Waals surface area contributed by atoms with E-state index in [4.69, 9.17) is 16.6 Å². The van der Waals surface area contributed by atoms with Gasteiger partial charge in [0.2, 0.25) is 0 Å². The van der Waals surface area contributed by atoms with Gasteiger partial charge in [-0.25, -0.2) is 0 Å². The number of nitro benzene ring substituents is 1. The zero-order chi connectivity index (χ0) is 15.9. The van der Waals surface area contributed by atoms with Crippen LogP contribution in [0.25, 0.3) is 0 Å². The summed E-state index contributed by atoms with van der Waals surface area (Å²) in [5.74, 6) is 0.753. The largest absolute Gasteiger partial charge is 0.467 e. The van der Waals surface area contributed by atoms with Crippen molar-refractivity contribution in [3.63, 3.8) is 0 Å². The van der Waals surface area contributed by atoms with Gasteiger partial charge in [0.1, 0.15) is 5.76 Å². The molecule has 1 heterocycles. The normalized spacial score (nSPS) is 11.0. The molecule has 0 spiro atoms. The lowest BCUT2D eigenvalue weighted by Gasteiger charge is -2.06. The highest BCUT2D eigenvalue weighted by Gasteiger charge is 2.07. The van der Waals surface area contributed by atoms with Crippen LogP contribution in [0.2, 0.25) is 0 Å². The highest BCUT2D eigenvalue weighted by molar-refractivity contribution is 7.80. The molecule has 2 N–H and O–H groups in total. The van der Waals surface area contributed by atoms with Crippen molar-refractivity contribution < 1.29 is 9.34 Å². The van der Waals surface area contributed by atoms with Crippen LogP contribution >= 0.6 is 12.2 Å². The van der Waals surface area contributed by atoms with Gasteiger partial charge < -0.3 is 9.73 Å². The lowest BCUT2D eigenvalue weighted by Crippen LogP contribution is -2.32. The molecule has 0 aliphatic rings. The first-order valence-electron chi connectivity index (χ1n) is 6.41. The first-order chi connectivity index (χ1) is 10.6. The number of nitrogens with zero attached hydrogens (tertiary/aromatic N) is 2. The van der Waals surface area contributed by atoms with Crippen LogP contribution in [0.3, 0.4) is 0 Å². The fourth-order valence-electron chi connectivity index (χ4n) is 1.66. The van der Waals surface area contributed by atoms with Gasteiger partial charge in [0.25, 0.3) is 5.69 Å². The summed E-state index contributed by atoms with van der Waals surface area (Å²) in [6, 6.07) is 9.86. The Kier molecular flexibility index (Phi) is 5.21. The number of hydrogen-bond acceptors (Lipinski definition) is 5. The minimum atomic E-state index is -0.445. The van der Waals surface area contributed by atoms with Crippen molar-refractivity contribution in [2.45, 2.75) is 13.5 Å². The van der Waals surface area contributed by atoms with Crippen molar-refractivity contribution >= 4 is 28.7 Å². The number of nitrogens with one attached hydrogen (secondary N) is 2. The van der Waals surface area contributed by atoms with Gasteiger partial charge in [0.15, 0.2) is 5.11 Å². The molecule has 114 valence electrons. The number of nitro groups is 1. The SMILES string of the molecule is CC(=NNC(=S)NCc1ccco1)c1cccc([N+](=O)[O-])c1. The van der Waals surface area contributed by atoms with Crippen molar-refractivity contribution in [2.24, 2.45) is 5.10 Å². The van der Waals surface area contributed by atoms with E-state index in [0.717, 1.165) is 5.76 Å². The van der Waals surface area contributed by atoms with E-state index in [1.54, 1.807) is 31.4 Å². The second kappa shape index (κ2) is 7.32.